The average molecular weight is 469 g/mol. The molecule has 1 aliphatic carbocycles. The van der Waals surface area contributed by atoms with E-state index in [1.54, 1.807) is 30.3 Å². The van der Waals surface area contributed by atoms with E-state index in [9.17, 15) is 22.9 Å². The number of hydrogen-bond acceptors (Lipinski definition) is 8. The molecule has 0 spiro atoms. The van der Waals surface area contributed by atoms with Crippen LogP contribution in [0, 0.1) is 0 Å². The maximum absolute atomic E-state index is 13.1. The van der Waals surface area contributed by atoms with Crippen LogP contribution in [0.2, 0.25) is 0 Å². The number of carbonyl (C=O) groups excluding carboxylic acids is 1. The summed E-state index contributed by atoms with van der Waals surface area (Å²) in [6.45, 7) is 0. The third-order valence-electron chi connectivity index (χ3n) is 5.85. The molecule has 1 aliphatic rings. The summed E-state index contributed by atoms with van der Waals surface area (Å²) in [6, 6.07) is 19.3. The molecule has 9 heteroatoms. The van der Waals surface area contributed by atoms with E-state index in [0.717, 1.165) is 22.9 Å². The van der Waals surface area contributed by atoms with Gasteiger partial charge in [-0.15, -0.1) is 5.11 Å². The Morgan fingerprint density at radius 2 is 1.53 bits per heavy atom. The van der Waals surface area contributed by atoms with Crippen LogP contribution in [0.3, 0.4) is 0 Å². The van der Waals surface area contributed by atoms with Gasteiger partial charge in [-0.2, -0.15) is 5.11 Å². The van der Waals surface area contributed by atoms with Gasteiger partial charge in [-0.3, -0.25) is 4.79 Å². The number of ketones is 1. The SMILES string of the molecule is O=C1c2ccccc2-c2c3c1cccc3cc1oc(O)c(N=Nc3ccc(S(=O)(=O)[O-])cc3)c21. The molecular formula is C25H13N2O6S-. The number of azo groups is 1. The van der Waals surface area contributed by atoms with Crippen molar-refractivity contribution < 1.29 is 27.3 Å². The van der Waals surface area contributed by atoms with Crippen molar-refractivity contribution in [2.24, 2.45) is 10.2 Å². The first-order valence-electron chi connectivity index (χ1n) is 10.2. The van der Waals surface area contributed by atoms with E-state index in [0.29, 0.717) is 33.2 Å². The zero-order valence-corrected chi connectivity index (χ0v) is 18.0. The van der Waals surface area contributed by atoms with Crippen LogP contribution in [-0.2, 0) is 10.1 Å². The van der Waals surface area contributed by atoms with Gasteiger partial charge in [-0.1, -0.05) is 42.5 Å². The monoisotopic (exact) mass is 469 g/mol. The lowest BCUT2D eigenvalue weighted by Gasteiger charge is -2.20. The van der Waals surface area contributed by atoms with Gasteiger partial charge in [0.1, 0.15) is 15.7 Å². The van der Waals surface area contributed by atoms with Crippen molar-refractivity contribution in [3.63, 3.8) is 0 Å². The maximum atomic E-state index is 13.1. The number of hydrogen-bond donors (Lipinski definition) is 1. The summed E-state index contributed by atoms with van der Waals surface area (Å²) in [7, 11) is -4.58. The Kier molecular flexibility index (Phi) is 4.22. The van der Waals surface area contributed by atoms with Gasteiger partial charge in [0.15, 0.2) is 11.5 Å². The van der Waals surface area contributed by atoms with E-state index in [1.165, 1.54) is 12.1 Å². The number of aromatic hydroxyl groups is 1. The predicted molar refractivity (Wildman–Crippen MR) is 123 cm³/mol. The predicted octanol–water partition coefficient (Wildman–Crippen LogP) is 5.82. The average Bonchev–Trinajstić information content (AvgIpc) is 3.14. The van der Waals surface area contributed by atoms with Crippen LogP contribution in [0.5, 0.6) is 5.95 Å². The number of rotatable bonds is 3. The highest BCUT2D eigenvalue weighted by Gasteiger charge is 2.30. The molecule has 1 heterocycles. The highest BCUT2D eigenvalue weighted by atomic mass is 32.2. The number of nitrogens with zero attached hydrogens (tertiary/aromatic N) is 2. The van der Waals surface area contributed by atoms with Gasteiger partial charge >= 0.3 is 5.95 Å². The van der Waals surface area contributed by atoms with Crippen LogP contribution in [0.1, 0.15) is 15.9 Å². The Hall–Kier alpha value is -4.34. The van der Waals surface area contributed by atoms with Crippen molar-refractivity contribution in [3.8, 4) is 17.1 Å². The highest BCUT2D eigenvalue weighted by molar-refractivity contribution is 7.85. The van der Waals surface area contributed by atoms with Crippen molar-refractivity contribution in [3.05, 3.63) is 83.9 Å². The molecule has 0 bridgehead atoms. The van der Waals surface area contributed by atoms with E-state index in [-0.39, 0.29) is 22.1 Å². The summed E-state index contributed by atoms with van der Waals surface area (Å²) in [5.41, 5.74) is 3.22. The second-order valence-corrected chi connectivity index (χ2v) is 9.19. The van der Waals surface area contributed by atoms with Gasteiger partial charge in [0.2, 0.25) is 0 Å². The van der Waals surface area contributed by atoms with Crippen LogP contribution in [-0.4, -0.2) is 23.9 Å². The van der Waals surface area contributed by atoms with Gasteiger partial charge in [0, 0.05) is 22.1 Å². The van der Waals surface area contributed by atoms with E-state index >= 15 is 0 Å². The molecule has 0 atom stereocenters. The lowest BCUT2D eigenvalue weighted by Crippen LogP contribution is -2.09. The van der Waals surface area contributed by atoms with E-state index in [1.807, 2.05) is 18.2 Å². The molecule has 1 aromatic heterocycles. The largest absolute Gasteiger partial charge is 0.744 e. The molecule has 0 saturated heterocycles. The first-order chi connectivity index (χ1) is 16.3. The second-order valence-electron chi connectivity index (χ2n) is 7.81. The molecule has 0 radical (unpaired) electrons. The minimum Gasteiger partial charge on any atom is -0.744 e. The lowest BCUT2D eigenvalue weighted by atomic mass is 9.81. The quantitative estimate of drug-likeness (QED) is 0.256. The van der Waals surface area contributed by atoms with Crippen LogP contribution in [0.15, 0.2) is 92.3 Å². The number of carbonyl (C=O) groups is 1. The third-order valence-corrected chi connectivity index (χ3v) is 6.70. The van der Waals surface area contributed by atoms with E-state index < -0.39 is 16.1 Å². The third kappa shape index (κ3) is 2.95. The molecular weight excluding hydrogens is 456 g/mol. The van der Waals surface area contributed by atoms with Gasteiger partial charge < -0.3 is 14.1 Å². The molecule has 0 fully saturated rings. The van der Waals surface area contributed by atoms with Gasteiger partial charge in [-0.25, -0.2) is 8.42 Å². The fourth-order valence-electron chi connectivity index (χ4n) is 4.39. The molecule has 8 nitrogen and oxygen atoms in total. The smallest absolute Gasteiger partial charge is 0.312 e. The summed E-state index contributed by atoms with van der Waals surface area (Å²) in [4.78, 5) is 12.8. The molecule has 34 heavy (non-hydrogen) atoms. The second kappa shape index (κ2) is 7.08. The standard InChI is InChI=1S/C25H14N2O6S/c28-24-17-6-2-1-5-16(17)21-20-13(4-3-7-18(20)24)12-19-22(21)23(25(29)33-19)27-26-14-8-10-15(11-9-14)34(30,31)32/h1-12,29H,(H,30,31,32)/p-1. The van der Waals surface area contributed by atoms with Gasteiger partial charge in [0.05, 0.1) is 16.0 Å². The Morgan fingerprint density at radius 3 is 2.26 bits per heavy atom. The Balaban J connectivity index is 1.61. The van der Waals surface area contributed by atoms with Crippen LogP contribution < -0.4 is 0 Å². The van der Waals surface area contributed by atoms with Gasteiger partial charge in [-0.05, 0) is 41.3 Å². The van der Waals surface area contributed by atoms with Crippen molar-refractivity contribution >= 4 is 49.0 Å². The van der Waals surface area contributed by atoms with Crippen molar-refractivity contribution in [2.75, 3.05) is 0 Å². The fourth-order valence-corrected chi connectivity index (χ4v) is 4.86. The summed E-state index contributed by atoms with van der Waals surface area (Å²) < 4.78 is 39.0. The summed E-state index contributed by atoms with van der Waals surface area (Å²) in [5.74, 6) is -0.530. The minimum atomic E-state index is -4.58. The van der Waals surface area contributed by atoms with E-state index in [2.05, 4.69) is 10.2 Å². The number of fused-ring (bicyclic) bond motifs is 4. The number of benzene rings is 4. The topological polar surface area (TPSA) is 132 Å². The molecule has 166 valence electrons. The zero-order valence-electron chi connectivity index (χ0n) is 17.2. The van der Waals surface area contributed by atoms with Crippen molar-refractivity contribution in [2.45, 2.75) is 4.90 Å². The molecule has 0 unspecified atom stereocenters. The maximum Gasteiger partial charge on any atom is 0.312 e. The molecule has 6 rings (SSSR count). The number of furan rings is 1. The van der Waals surface area contributed by atoms with Crippen molar-refractivity contribution in [1.29, 1.82) is 0 Å². The molecule has 0 saturated carbocycles. The fraction of sp³-hybridized carbons (Fsp3) is 0. The first kappa shape index (κ1) is 20.3. The summed E-state index contributed by atoms with van der Waals surface area (Å²) in [5, 5.41) is 20.9. The first-order valence-corrected chi connectivity index (χ1v) is 11.6. The lowest BCUT2D eigenvalue weighted by molar-refractivity contribution is 0.104. The molecule has 0 aliphatic heterocycles. The highest BCUT2D eigenvalue weighted by Crippen LogP contribution is 2.50. The van der Waals surface area contributed by atoms with E-state index in [4.69, 9.17) is 4.42 Å². The van der Waals surface area contributed by atoms with Crippen LogP contribution in [0.4, 0.5) is 11.4 Å². The molecule has 1 N–H and O–H groups in total. The minimum absolute atomic E-state index is 0.0754. The van der Waals surface area contributed by atoms with Crippen LogP contribution >= 0.6 is 0 Å². The molecule has 4 aromatic carbocycles. The summed E-state index contributed by atoms with van der Waals surface area (Å²) >= 11 is 0. The molecule has 5 aromatic rings. The Morgan fingerprint density at radius 1 is 0.824 bits per heavy atom. The summed E-state index contributed by atoms with van der Waals surface area (Å²) in [6.07, 6.45) is 0. The zero-order chi connectivity index (χ0) is 23.6. The molecule has 0 amide bonds. The van der Waals surface area contributed by atoms with Crippen molar-refractivity contribution in [1.82, 2.24) is 0 Å². The normalized spacial score (nSPS) is 13.1. The Labute approximate surface area is 192 Å². The van der Waals surface area contributed by atoms with Crippen LogP contribution in [0.25, 0.3) is 32.9 Å². The van der Waals surface area contributed by atoms with Gasteiger partial charge in [0.25, 0.3) is 0 Å². The Bertz CT molecular complexity index is 1800.